The van der Waals surface area contributed by atoms with E-state index in [-0.39, 0.29) is 17.7 Å². The highest BCUT2D eigenvalue weighted by atomic mass is 16.1. The Morgan fingerprint density at radius 3 is 2.83 bits per heavy atom. The van der Waals surface area contributed by atoms with Gasteiger partial charge in [0, 0.05) is 29.8 Å². The van der Waals surface area contributed by atoms with Crippen LogP contribution in [0, 0.1) is 5.92 Å². The molecular weight excluding hydrogens is 224 g/mol. The molecule has 3 aliphatic carbocycles. The van der Waals surface area contributed by atoms with Gasteiger partial charge in [0.2, 0.25) is 0 Å². The molecule has 0 N–H and O–H groups in total. The molecule has 3 nitrogen and oxygen atoms in total. The maximum absolute atomic E-state index is 12.0. The van der Waals surface area contributed by atoms with E-state index in [0.29, 0.717) is 0 Å². The first-order chi connectivity index (χ1) is 8.75. The predicted molar refractivity (Wildman–Crippen MR) is 70.0 cm³/mol. The Morgan fingerprint density at radius 1 is 1.11 bits per heavy atom. The lowest BCUT2D eigenvalue weighted by Crippen LogP contribution is -2.33. The number of carbonyl (C=O) groups is 1. The molecule has 2 atom stereocenters. The predicted octanol–water partition coefficient (Wildman–Crippen LogP) is 1.77. The van der Waals surface area contributed by atoms with Crippen molar-refractivity contribution >= 4 is 12.1 Å². The molecule has 0 saturated carbocycles. The normalized spacial score (nSPS) is 31.4. The summed E-state index contributed by atoms with van der Waals surface area (Å²) in [5.41, 5.74) is 4.34. The van der Waals surface area contributed by atoms with Crippen LogP contribution in [0.4, 0.5) is 0 Å². The average molecular weight is 236 g/mol. The minimum absolute atomic E-state index is 0.0710. The summed E-state index contributed by atoms with van der Waals surface area (Å²) in [6.45, 7) is 0. The summed E-state index contributed by atoms with van der Waals surface area (Å²) in [6.07, 6.45) is 13.8. The van der Waals surface area contributed by atoms with Gasteiger partial charge in [0.25, 0.3) is 0 Å². The lowest BCUT2D eigenvalue weighted by atomic mass is 9.73. The second kappa shape index (κ2) is 3.19. The van der Waals surface area contributed by atoms with Crippen molar-refractivity contribution in [1.82, 2.24) is 4.90 Å². The lowest BCUT2D eigenvalue weighted by Gasteiger charge is -2.37. The van der Waals surface area contributed by atoms with Gasteiger partial charge in [0.15, 0.2) is 5.78 Å². The molecule has 0 amide bonds. The summed E-state index contributed by atoms with van der Waals surface area (Å²) in [5, 5.41) is 0. The van der Waals surface area contributed by atoms with Gasteiger partial charge < -0.3 is 4.90 Å². The van der Waals surface area contributed by atoms with Crippen LogP contribution in [-0.2, 0) is 4.79 Å². The molecule has 0 aromatic rings. The molecule has 0 fully saturated rings. The Labute approximate surface area is 105 Å². The van der Waals surface area contributed by atoms with E-state index >= 15 is 0 Å². The van der Waals surface area contributed by atoms with Crippen molar-refractivity contribution in [2.24, 2.45) is 10.9 Å². The van der Waals surface area contributed by atoms with E-state index in [1.165, 1.54) is 5.57 Å². The second-order valence-corrected chi connectivity index (χ2v) is 4.91. The lowest BCUT2D eigenvalue weighted by molar-refractivity contribution is -0.111. The molecule has 4 rings (SSSR count). The van der Waals surface area contributed by atoms with Crippen LogP contribution in [-0.4, -0.2) is 30.1 Å². The largest absolute Gasteiger partial charge is 0.336 e. The summed E-state index contributed by atoms with van der Waals surface area (Å²) < 4.78 is 0. The highest BCUT2D eigenvalue weighted by Gasteiger charge is 2.36. The fraction of sp³-hybridized carbons (Fsp3) is 0.200. The Kier molecular flexibility index (Phi) is 1.74. The quantitative estimate of drug-likeness (QED) is 0.642. The highest BCUT2D eigenvalue weighted by Crippen LogP contribution is 2.42. The molecule has 0 radical (unpaired) electrons. The third-order valence-corrected chi connectivity index (χ3v) is 3.89. The van der Waals surface area contributed by atoms with Crippen LogP contribution in [0.1, 0.15) is 0 Å². The summed E-state index contributed by atoms with van der Waals surface area (Å²) in [6, 6.07) is 0.0710. The maximum Gasteiger partial charge on any atom is 0.185 e. The monoisotopic (exact) mass is 236 g/mol. The molecule has 1 heterocycles. The first-order valence-corrected chi connectivity index (χ1v) is 6.09. The van der Waals surface area contributed by atoms with Crippen LogP contribution in [0.15, 0.2) is 63.9 Å². The molecule has 0 aromatic carbocycles. The van der Waals surface area contributed by atoms with Gasteiger partial charge in [-0.3, -0.25) is 9.79 Å². The van der Waals surface area contributed by atoms with E-state index in [4.69, 9.17) is 0 Å². The first-order valence-electron chi connectivity index (χ1n) is 6.09. The highest BCUT2D eigenvalue weighted by molar-refractivity contribution is 6.09. The molecule has 88 valence electrons. The van der Waals surface area contributed by atoms with Crippen molar-refractivity contribution in [2.75, 3.05) is 7.05 Å². The van der Waals surface area contributed by atoms with Crippen molar-refractivity contribution in [3.63, 3.8) is 0 Å². The standard InChI is InChI=1S/C15H12N2O/c1-17-8-16-11-5-4-10-13(18)7-3-9-2-6-12(17)15(11)14(9)10/h2-9,11H,1H3. The third-order valence-electron chi connectivity index (χ3n) is 3.89. The zero-order valence-corrected chi connectivity index (χ0v) is 10.00. The minimum Gasteiger partial charge on any atom is -0.336 e. The molecule has 18 heavy (non-hydrogen) atoms. The molecule has 0 bridgehead atoms. The van der Waals surface area contributed by atoms with Gasteiger partial charge >= 0.3 is 0 Å². The number of hydrogen-bond donors (Lipinski definition) is 0. The van der Waals surface area contributed by atoms with Gasteiger partial charge in [-0.25, -0.2) is 0 Å². The van der Waals surface area contributed by atoms with Crippen molar-refractivity contribution in [2.45, 2.75) is 6.04 Å². The summed E-state index contributed by atoms with van der Waals surface area (Å²) in [4.78, 5) is 18.5. The number of aliphatic imine (C=N–C) groups is 1. The number of carbonyl (C=O) groups excluding carboxylic acids is 1. The summed E-state index contributed by atoms with van der Waals surface area (Å²) in [7, 11) is 1.99. The van der Waals surface area contributed by atoms with Crippen molar-refractivity contribution in [1.29, 1.82) is 0 Å². The van der Waals surface area contributed by atoms with Crippen molar-refractivity contribution in [3.05, 3.63) is 58.9 Å². The van der Waals surface area contributed by atoms with Crippen LogP contribution >= 0.6 is 0 Å². The molecule has 4 aliphatic rings. The number of likely N-dealkylation sites (N-methyl/N-ethyl adjacent to an activating group) is 1. The molecule has 3 heteroatoms. The Balaban J connectivity index is 2.01. The molecular formula is C15H12N2O. The Hall–Kier alpha value is -2.16. The van der Waals surface area contributed by atoms with Gasteiger partial charge in [-0.15, -0.1) is 0 Å². The number of allylic oxidation sites excluding steroid dienone is 6. The van der Waals surface area contributed by atoms with Crippen molar-refractivity contribution < 1.29 is 4.79 Å². The summed E-state index contributed by atoms with van der Waals surface area (Å²) >= 11 is 0. The molecule has 0 saturated heterocycles. The van der Waals surface area contributed by atoms with Gasteiger partial charge in [0.1, 0.15) is 0 Å². The van der Waals surface area contributed by atoms with E-state index in [1.54, 1.807) is 6.08 Å². The smallest absolute Gasteiger partial charge is 0.185 e. The van der Waals surface area contributed by atoms with Gasteiger partial charge in [-0.2, -0.15) is 0 Å². The van der Waals surface area contributed by atoms with Gasteiger partial charge in [0.05, 0.1) is 12.4 Å². The van der Waals surface area contributed by atoms with Crippen LogP contribution < -0.4 is 0 Å². The number of hydrogen-bond acceptors (Lipinski definition) is 3. The van der Waals surface area contributed by atoms with Crippen LogP contribution in [0.2, 0.25) is 0 Å². The Morgan fingerprint density at radius 2 is 1.94 bits per heavy atom. The molecule has 1 aliphatic heterocycles. The number of nitrogens with zero attached hydrogens (tertiary/aromatic N) is 2. The fourth-order valence-corrected chi connectivity index (χ4v) is 3.03. The number of rotatable bonds is 0. The van der Waals surface area contributed by atoms with Crippen LogP contribution in [0.25, 0.3) is 0 Å². The molecule has 0 aromatic heterocycles. The van der Waals surface area contributed by atoms with Crippen LogP contribution in [0.5, 0.6) is 0 Å². The van der Waals surface area contributed by atoms with E-state index in [2.05, 4.69) is 17.1 Å². The van der Waals surface area contributed by atoms with Crippen molar-refractivity contribution in [3.8, 4) is 0 Å². The third kappa shape index (κ3) is 1.09. The van der Waals surface area contributed by atoms with Gasteiger partial charge in [-0.05, 0) is 17.7 Å². The van der Waals surface area contributed by atoms with E-state index in [9.17, 15) is 4.79 Å². The first kappa shape index (κ1) is 9.83. The molecule has 2 unspecified atom stereocenters. The zero-order chi connectivity index (χ0) is 12.3. The van der Waals surface area contributed by atoms with E-state index in [1.807, 2.05) is 36.5 Å². The minimum atomic E-state index is 0.0710. The zero-order valence-electron chi connectivity index (χ0n) is 10.00. The SMILES string of the molecule is CN1C=NC2C=CC3=C4C2=C1C=CC4C=CC3=O. The van der Waals surface area contributed by atoms with Gasteiger partial charge in [-0.1, -0.05) is 24.3 Å². The Bertz CT molecular complexity index is 643. The topological polar surface area (TPSA) is 32.7 Å². The second-order valence-electron chi connectivity index (χ2n) is 4.91. The summed E-state index contributed by atoms with van der Waals surface area (Å²) in [5.74, 6) is 0.334. The molecule has 0 spiro atoms. The van der Waals surface area contributed by atoms with E-state index in [0.717, 1.165) is 16.8 Å². The average Bonchev–Trinajstić information content (AvgIpc) is 2.40. The van der Waals surface area contributed by atoms with E-state index < -0.39 is 0 Å². The number of ketones is 1. The van der Waals surface area contributed by atoms with Crippen LogP contribution in [0.3, 0.4) is 0 Å². The fourth-order valence-electron chi connectivity index (χ4n) is 3.03. The maximum atomic E-state index is 12.0.